The number of alkyl halides is 3. The van der Waals surface area contributed by atoms with Gasteiger partial charge in [0.25, 0.3) is 6.43 Å². The lowest BCUT2D eigenvalue weighted by molar-refractivity contribution is 0.0998. The molecular formula is C7H14BrF2N. The summed E-state index contributed by atoms with van der Waals surface area (Å²) in [5.74, 6) is 0. The SMILES string of the molecule is CN(CCCCBr)CC(F)F. The Labute approximate surface area is 74.9 Å². The molecule has 0 aliphatic rings. The largest absolute Gasteiger partial charge is 0.301 e. The van der Waals surface area contributed by atoms with E-state index in [0.29, 0.717) is 0 Å². The van der Waals surface area contributed by atoms with Crippen LogP contribution < -0.4 is 0 Å². The van der Waals surface area contributed by atoms with E-state index < -0.39 is 6.43 Å². The van der Waals surface area contributed by atoms with Crippen LogP contribution in [0.2, 0.25) is 0 Å². The molecule has 0 saturated carbocycles. The zero-order valence-electron chi connectivity index (χ0n) is 6.69. The van der Waals surface area contributed by atoms with Gasteiger partial charge in [0.15, 0.2) is 0 Å². The Morgan fingerprint density at radius 1 is 1.36 bits per heavy atom. The summed E-state index contributed by atoms with van der Waals surface area (Å²) >= 11 is 3.28. The highest BCUT2D eigenvalue weighted by Gasteiger charge is 2.05. The van der Waals surface area contributed by atoms with Gasteiger partial charge < -0.3 is 4.90 Å². The predicted octanol–water partition coefficient (Wildman–Crippen LogP) is 2.36. The average molecular weight is 230 g/mol. The van der Waals surface area contributed by atoms with Gasteiger partial charge in [0, 0.05) is 5.33 Å². The smallest absolute Gasteiger partial charge is 0.251 e. The van der Waals surface area contributed by atoms with Crippen molar-refractivity contribution in [1.29, 1.82) is 0 Å². The molecule has 0 rings (SSSR count). The second-order valence-corrected chi connectivity index (χ2v) is 3.34. The van der Waals surface area contributed by atoms with Crippen molar-refractivity contribution in [3.63, 3.8) is 0 Å². The fourth-order valence-corrected chi connectivity index (χ4v) is 1.20. The summed E-state index contributed by atoms with van der Waals surface area (Å²) in [6, 6.07) is 0. The number of halogens is 3. The predicted molar refractivity (Wildman–Crippen MR) is 46.5 cm³/mol. The van der Waals surface area contributed by atoms with Crippen molar-refractivity contribution < 1.29 is 8.78 Å². The number of hydrogen-bond donors (Lipinski definition) is 0. The minimum atomic E-state index is -2.20. The number of hydrogen-bond acceptors (Lipinski definition) is 1. The van der Waals surface area contributed by atoms with E-state index in [1.54, 1.807) is 11.9 Å². The van der Waals surface area contributed by atoms with E-state index in [0.717, 1.165) is 24.7 Å². The van der Waals surface area contributed by atoms with Crippen LogP contribution in [0.5, 0.6) is 0 Å². The first-order valence-electron chi connectivity index (χ1n) is 3.69. The highest BCUT2D eigenvalue weighted by molar-refractivity contribution is 9.09. The van der Waals surface area contributed by atoms with Crippen molar-refractivity contribution in [2.75, 3.05) is 25.5 Å². The lowest BCUT2D eigenvalue weighted by atomic mass is 10.3. The van der Waals surface area contributed by atoms with Crippen LogP contribution in [0.1, 0.15) is 12.8 Å². The van der Waals surface area contributed by atoms with Gasteiger partial charge in [0.05, 0.1) is 6.54 Å². The Kier molecular flexibility index (Phi) is 7.17. The molecule has 0 saturated heterocycles. The summed E-state index contributed by atoms with van der Waals surface area (Å²) in [5.41, 5.74) is 0. The van der Waals surface area contributed by atoms with Crippen LogP contribution in [-0.2, 0) is 0 Å². The standard InChI is InChI=1S/C7H14BrF2N/c1-11(6-7(9)10)5-3-2-4-8/h7H,2-6H2,1H3. The minimum absolute atomic E-state index is 0.109. The molecule has 0 heterocycles. The van der Waals surface area contributed by atoms with Gasteiger partial charge in [-0.05, 0) is 26.4 Å². The van der Waals surface area contributed by atoms with Crippen molar-refractivity contribution >= 4 is 15.9 Å². The second-order valence-electron chi connectivity index (χ2n) is 2.55. The molecule has 0 fully saturated rings. The summed E-state index contributed by atoms with van der Waals surface area (Å²) < 4.78 is 23.5. The van der Waals surface area contributed by atoms with Gasteiger partial charge in [0.1, 0.15) is 0 Å². The molecule has 0 aromatic rings. The third kappa shape index (κ3) is 8.20. The summed E-state index contributed by atoms with van der Waals surface area (Å²) in [7, 11) is 1.72. The maximum Gasteiger partial charge on any atom is 0.251 e. The molecule has 0 aliphatic carbocycles. The maximum absolute atomic E-state index is 11.7. The lowest BCUT2D eigenvalue weighted by Crippen LogP contribution is -2.25. The molecule has 11 heavy (non-hydrogen) atoms. The van der Waals surface area contributed by atoms with E-state index in [-0.39, 0.29) is 6.54 Å². The van der Waals surface area contributed by atoms with Crippen LogP contribution in [0.4, 0.5) is 8.78 Å². The molecule has 0 radical (unpaired) electrons. The van der Waals surface area contributed by atoms with E-state index in [9.17, 15) is 8.78 Å². The van der Waals surface area contributed by atoms with E-state index >= 15 is 0 Å². The molecule has 0 aliphatic heterocycles. The zero-order chi connectivity index (χ0) is 8.69. The van der Waals surface area contributed by atoms with Gasteiger partial charge in [-0.3, -0.25) is 0 Å². The van der Waals surface area contributed by atoms with Gasteiger partial charge in [-0.15, -0.1) is 0 Å². The fraction of sp³-hybridized carbons (Fsp3) is 1.00. The fourth-order valence-electron chi connectivity index (χ4n) is 0.803. The first-order valence-corrected chi connectivity index (χ1v) is 4.81. The van der Waals surface area contributed by atoms with Gasteiger partial charge >= 0.3 is 0 Å². The molecule has 0 amide bonds. The monoisotopic (exact) mass is 229 g/mol. The summed E-state index contributed by atoms with van der Waals surface area (Å²) in [5, 5.41) is 0.954. The van der Waals surface area contributed by atoms with Crippen molar-refractivity contribution in [3.8, 4) is 0 Å². The Balaban J connectivity index is 3.15. The molecule has 68 valence electrons. The molecule has 0 N–H and O–H groups in total. The zero-order valence-corrected chi connectivity index (χ0v) is 8.28. The van der Waals surface area contributed by atoms with E-state index in [1.165, 1.54) is 0 Å². The van der Waals surface area contributed by atoms with E-state index in [1.807, 2.05) is 0 Å². The lowest BCUT2D eigenvalue weighted by Gasteiger charge is -2.14. The van der Waals surface area contributed by atoms with Crippen LogP contribution in [0.3, 0.4) is 0 Å². The first-order chi connectivity index (χ1) is 5.16. The third-order valence-electron chi connectivity index (χ3n) is 1.37. The normalized spacial score (nSPS) is 11.5. The number of nitrogens with zero attached hydrogens (tertiary/aromatic N) is 1. The van der Waals surface area contributed by atoms with Crippen LogP contribution in [0.15, 0.2) is 0 Å². The molecule has 0 spiro atoms. The Morgan fingerprint density at radius 2 is 2.00 bits per heavy atom. The maximum atomic E-state index is 11.7. The molecule has 0 unspecified atom stereocenters. The van der Waals surface area contributed by atoms with E-state index in [4.69, 9.17) is 0 Å². The highest BCUT2D eigenvalue weighted by atomic mass is 79.9. The number of rotatable bonds is 6. The van der Waals surface area contributed by atoms with Crippen molar-refractivity contribution in [2.45, 2.75) is 19.3 Å². The molecule has 1 nitrogen and oxygen atoms in total. The Hall–Kier alpha value is 0.300. The van der Waals surface area contributed by atoms with Gasteiger partial charge in [-0.25, -0.2) is 8.78 Å². The highest BCUT2D eigenvalue weighted by Crippen LogP contribution is 1.99. The Bertz CT molecular complexity index is 90.5. The second kappa shape index (κ2) is 6.98. The quantitative estimate of drug-likeness (QED) is 0.500. The van der Waals surface area contributed by atoms with Crippen LogP contribution in [-0.4, -0.2) is 36.8 Å². The molecule has 4 heteroatoms. The van der Waals surface area contributed by atoms with Crippen LogP contribution in [0, 0.1) is 0 Å². The minimum Gasteiger partial charge on any atom is -0.301 e. The number of unbranched alkanes of at least 4 members (excludes halogenated alkanes) is 1. The van der Waals surface area contributed by atoms with Crippen LogP contribution >= 0.6 is 15.9 Å². The van der Waals surface area contributed by atoms with Crippen molar-refractivity contribution in [3.05, 3.63) is 0 Å². The van der Waals surface area contributed by atoms with Gasteiger partial charge in [-0.1, -0.05) is 15.9 Å². The van der Waals surface area contributed by atoms with E-state index in [2.05, 4.69) is 15.9 Å². The van der Waals surface area contributed by atoms with Gasteiger partial charge in [0.2, 0.25) is 0 Å². The molecule has 0 aromatic heterocycles. The molecular weight excluding hydrogens is 216 g/mol. The molecule has 0 bridgehead atoms. The van der Waals surface area contributed by atoms with Crippen molar-refractivity contribution in [2.24, 2.45) is 0 Å². The summed E-state index contributed by atoms with van der Waals surface area (Å²) in [4.78, 5) is 1.66. The summed E-state index contributed by atoms with van der Waals surface area (Å²) in [6.45, 7) is 0.651. The summed E-state index contributed by atoms with van der Waals surface area (Å²) in [6.07, 6.45) is -0.175. The third-order valence-corrected chi connectivity index (χ3v) is 1.93. The molecule has 0 atom stereocenters. The molecule has 0 aromatic carbocycles. The Morgan fingerprint density at radius 3 is 2.45 bits per heavy atom. The van der Waals surface area contributed by atoms with Crippen molar-refractivity contribution in [1.82, 2.24) is 4.90 Å². The average Bonchev–Trinajstić information content (AvgIpc) is 1.86. The topological polar surface area (TPSA) is 3.24 Å². The van der Waals surface area contributed by atoms with Crippen LogP contribution in [0.25, 0.3) is 0 Å². The van der Waals surface area contributed by atoms with Gasteiger partial charge in [-0.2, -0.15) is 0 Å². The first kappa shape index (κ1) is 11.3.